The molecule has 1 heterocycles. The number of carbonyl (C=O) groups excluding carboxylic acids is 1. The van der Waals surface area contributed by atoms with Crippen LogP contribution >= 0.6 is 0 Å². The van der Waals surface area contributed by atoms with Gasteiger partial charge in [0.2, 0.25) is 5.75 Å². The molecule has 0 spiro atoms. The molecular formula is C28H40N2O8. The minimum Gasteiger partial charge on any atom is -0.493 e. The smallest absolute Gasteiger partial charge is 0.345 e. The van der Waals surface area contributed by atoms with Gasteiger partial charge in [-0.1, -0.05) is 13.8 Å². The second-order valence-corrected chi connectivity index (χ2v) is 9.13. The third kappa shape index (κ3) is 6.36. The molecule has 0 aromatic heterocycles. The third-order valence-corrected chi connectivity index (χ3v) is 6.66. The van der Waals surface area contributed by atoms with Crippen molar-refractivity contribution in [1.82, 2.24) is 5.06 Å². The highest BCUT2D eigenvalue weighted by Crippen LogP contribution is 2.48. The monoisotopic (exact) mass is 532 g/mol. The minimum absolute atomic E-state index is 0.202. The Bertz CT molecular complexity index is 1070. The molecule has 1 saturated heterocycles. The molecule has 210 valence electrons. The van der Waals surface area contributed by atoms with Gasteiger partial charge < -0.3 is 33.7 Å². The Balaban J connectivity index is 1.93. The Labute approximate surface area is 224 Å². The Morgan fingerprint density at radius 3 is 1.95 bits per heavy atom. The number of urea groups is 1. The average Bonchev–Trinajstić information content (AvgIpc) is 3.44. The highest BCUT2D eigenvalue weighted by molar-refractivity contribution is 5.91. The van der Waals surface area contributed by atoms with Crippen LogP contribution in [0.3, 0.4) is 0 Å². The van der Waals surface area contributed by atoms with E-state index >= 15 is 0 Å². The van der Waals surface area contributed by atoms with Gasteiger partial charge >= 0.3 is 6.03 Å². The molecule has 10 heteroatoms. The average molecular weight is 533 g/mol. The van der Waals surface area contributed by atoms with E-state index in [9.17, 15) is 10.0 Å². The lowest BCUT2D eigenvalue weighted by atomic mass is 10.0. The van der Waals surface area contributed by atoms with Crippen LogP contribution in [0.1, 0.15) is 69.8 Å². The summed E-state index contributed by atoms with van der Waals surface area (Å²) in [6.45, 7) is 6.09. The normalized spacial score (nSPS) is 17.5. The molecule has 3 atom stereocenters. The van der Waals surface area contributed by atoms with Crippen LogP contribution in [-0.4, -0.2) is 57.4 Å². The van der Waals surface area contributed by atoms with Crippen LogP contribution in [0.15, 0.2) is 24.3 Å². The van der Waals surface area contributed by atoms with E-state index in [1.807, 2.05) is 38.1 Å². The molecule has 2 aromatic rings. The van der Waals surface area contributed by atoms with Gasteiger partial charge in [0.1, 0.15) is 0 Å². The van der Waals surface area contributed by atoms with E-state index in [-0.39, 0.29) is 18.2 Å². The van der Waals surface area contributed by atoms with Crippen molar-refractivity contribution in [1.29, 1.82) is 0 Å². The minimum atomic E-state index is -0.650. The van der Waals surface area contributed by atoms with Gasteiger partial charge in [-0.3, -0.25) is 5.21 Å². The molecule has 0 saturated carbocycles. The van der Waals surface area contributed by atoms with Crippen molar-refractivity contribution in [3.8, 4) is 28.7 Å². The fourth-order valence-electron chi connectivity index (χ4n) is 4.37. The quantitative estimate of drug-likeness (QED) is 0.248. The highest BCUT2D eigenvalue weighted by Gasteiger charge is 2.31. The second kappa shape index (κ2) is 13.4. The first-order valence-electron chi connectivity index (χ1n) is 12.9. The molecule has 3 unspecified atom stereocenters. The van der Waals surface area contributed by atoms with Crippen LogP contribution in [0.25, 0.3) is 0 Å². The Morgan fingerprint density at radius 2 is 1.47 bits per heavy atom. The van der Waals surface area contributed by atoms with Gasteiger partial charge in [0.05, 0.1) is 59.0 Å². The number of carbonyl (C=O) groups is 1. The Kier molecular flexibility index (Phi) is 10.3. The third-order valence-electron chi connectivity index (χ3n) is 6.66. The number of ether oxygens (including phenoxy) is 6. The van der Waals surface area contributed by atoms with Gasteiger partial charge in [0.25, 0.3) is 0 Å². The van der Waals surface area contributed by atoms with Crippen molar-refractivity contribution in [2.75, 3.05) is 40.4 Å². The molecule has 1 aliphatic heterocycles. The van der Waals surface area contributed by atoms with Crippen molar-refractivity contribution in [2.45, 2.75) is 64.7 Å². The van der Waals surface area contributed by atoms with Crippen molar-refractivity contribution in [3.63, 3.8) is 0 Å². The van der Waals surface area contributed by atoms with E-state index in [1.165, 1.54) is 0 Å². The van der Waals surface area contributed by atoms with Gasteiger partial charge in [-0.2, -0.15) is 0 Å². The summed E-state index contributed by atoms with van der Waals surface area (Å²) in [5.74, 6) is 2.53. The van der Waals surface area contributed by atoms with Crippen LogP contribution in [0.4, 0.5) is 10.5 Å². The summed E-state index contributed by atoms with van der Waals surface area (Å²) in [6, 6.07) is 6.48. The van der Waals surface area contributed by atoms with Crippen molar-refractivity contribution in [3.05, 3.63) is 35.4 Å². The maximum Gasteiger partial charge on any atom is 0.345 e. The Hall–Kier alpha value is -3.37. The predicted octanol–water partition coefficient (Wildman–Crippen LogP) is 6.12. The largest absolute Gasteiger partial charge is 0.493 e. The molecule has 2 N–H and O–H groups in total. The summed E-state index contributed by atoms with van der Waals surface area (Å²) in [5, 5.41) is 13.8. The van der Waals surface area contributed by atoms with Gasteiger partial charge in [-0.05, 0) is 68.0 Å². The van der Waals surface area contributed by atoms with Crippen LogP contribution in [-0.2, 0) is 4.74 Å². The summed E-state index contributed by atoms with van der Waals surface area (Å²) in [7, 11) is 6.28. The van der Waals surface area contributed by atoms with E-state index < -0.39 is 6.03 Å². The van der Waals surface area contributed by atoms with Crippen LogP contribution in [0.5, 0.6) is 28.7 Å². The predicted molar refractivity (Wildman–Crippen MR) is 143 cm³/mol. The number of anilines is 1. The lowest BCUT2D eigenvalue weighted by Gasteiger charge is -2.24. The number of methoxy groups -OCH3 is 4. The van der Waals surface area contributed by atoms with Gasteiger partial charge in [-0.15, -0.1) is 0 Å². The van der Waals surface area contributed by atoms with E-state index in [0.717, 1.165) is 30.4 Å². The lowest BCUT2D eigenvalue weighted by molar-refractivity contribution is -0.0683. The van der Waals surface area contributed by atoms with Gasteiger partial charge in [-0.25, -0.2) is 9.86 Å². The molecular weight excluding hydrogens is 492 g/mol. The zero-order valence-corrected chi connectivity index (χ0v) is 23.3. The van der Waals surface area contributed by atoms with Gasteiger partial charge in [0.15, 0.2) is 23.0 Å². The standard InChI is InChI=1S/C28H40N2O8/c1-8-12-37-26-20(29-28(31)30(32)17(3)9-2)13-18(14-23(26)33-4)21-10-11-22(38-21)19-15-24(34-5)27(36-7)25(16-19)35-6/h13-17,21-22,32H,8-12H2,1-7H3,(H,29,31). The van der Waals surface area contributed by atoms with Crippen molar-refractivity contribution < 1.29 is 38.4 Å². The van der Waals surface area contributed by atoms with E-state index in [4.69, 9.17) is 28.4 Å². The van der Waals surface area contributed by atoms with E-state index in [0.29, 0.717) is 52.5 Å². The molecule has 1 fully saturated rings. The van der Waals surface area contributed by atoms with E-state index in [1.54, 1.807) is 35.4 Å². The maximum absolute atomic E-state index is 12.8. The molecule has 38 heavy (non-hydrogen) atoms. The number of rotatable bonds is 12. The zero-order valence-electron chi connectivity index (χ0n) is 23.3. The summed E-state index contributed by atoms with van der Waals surface area (Å²) < 4.78 is 34.5. The number of hydroxylamine groups is 2. The fourth-order valence-corrected chi connectivity index (χ4v) is 4.37. The summed E-state index contributed by atoms with van der Waals surface area (Å²) >= 11 is 0. The van der Waals surface area contributed by atoms with Crippen LogP contribution < -0.4 is 29.0 Å². The molecule has 2 amide bonds. The molecule has 0 aliphatic carbocycles. The number of nitrogens with one attached hydrogen (secondary N) is 1. The molecule has 3 rings (SSSR count). The summed E-state index contributed by atoms with van der Waals surface area (Å²) in [4.78, 5) is 12.8. The number of hydrogen-bond acceptors (Lipinski definition) is 8. The number of nitrogens with zero attached hydrogens (tertiary/aromatic N) is 1. The van der Waals surface area contributed by atoms with Gasteiger partial charge in [0, 0.05) is 0 Å². The number of benzene rings is 2. The topological polar surface area (TPSA) is 108 Å². The molecule has 2 aromatic carbocycles. The lowest BCUT2D eigenvalue weighted by Crippen LogP contribution is -2.38. The summed E-state index contributed by atoms with van der Waals surface area (Å²) in [6.07, 6.45) is 2.42. The fraction of sp³-hybridized carbons (Fsp3) is 0.536. The first kappa shape index (κ1) is 29.2. The molecule has 10 nitrogen and oxygen atoms in total. The number of hydrogen-bond donors (Lipinski definition) is 2. The SMILES string of the molecule is CCCOc1c(NC(=O)N(O)C(C)CC)cc(C2CCC(c3cc(OC)c(OC)c(OC)c3)O2)cc1OC. The second-order valence-electron chi connectivity index (χ2n) is 9.13. The van der Waals surface area contributed by atoms with Crippen molar-refractivity contribution in [2.24, 2.45) is 0 Å². The van der Waals surface area contributed by atoms with E-state index in [2.05, 4.69) is 5.32 Å². The molecule has 1 aliphatic rings. The van der Waals surface area contributed by atoms with Crippen LogP contribution in [0.2, 0.25) is 0 Å². The zero-order chi connectivity index (χ0) is 27.8. The van der Waals surface area contributed by atoms with Crippen LogP contribution in [0, 0.1) is 0 Å². The first-order valence-corrected chi connectivity index (χ1v) is 12.9. The summed E-state index contributed by atoms with van der Waals surface area (Å²) in [5.41, 5.74) is 2.14. The highest BCUT2D eigenvalue weighted by atomic mass is 16.5. The maximum atomic E-state index is 12.8. The first-order chi connectivity index (χ1) is 18.3. The Morgan fingerprint density at radius 1 is 0.947 bits per heavy atom. The molecule has 0 bridgehead atoms. The molecule has 0 radical (unpaired) electrons. The van der Waals surface area contributed by atoms with Crippen molar-refractivity contribution >= 4 is 11.7 Å². The number of amides is 2.